The number of hydrogen-bond donors (Lipinski definition) is 0. The molecule has 7 heteroatoms. The first-order valence-corrected chi connectivity index (χ1v) is 11.1. The van der Waals surface area contributed by atoms with Gasteiger partial charge in [-0.05, 0) is 43.5 Å². The van der Waals surface area contributed by atoms with Crippen molar-refractivity contribution in [1.29, 1.82) is 0 Å². The third kappa shape index (κ3) is 3.73. The lowest BCUT2D eigenvalue weighted by atomic mass is 9.85. The van der Waals surface area contributed by atoms with Crippen molar-refractivity contribution >= 4 is 35.1 Å². The summed E-state index contributed by atoms with van der Waals surface area (Å²) in [6.07, 6.45) is 5.08. The predicted molar refractivity (Wildman–Crippen MR) is 122 cm³/mol. The number of nitrogens with zero attached hydrogens (tertiary/aromatic N) is 2. The van der Waals surface area contributed by atoms with Gasteiger partial charge in [0.1, 0.15) is 5.75 Å². The third-order valence-corrected chi connectivity index (χ3v) is 6.67. The van der Waals surface area contributed by atoms with E-state index >= 15 is 0 Å². The summed E-state index contributed by atoms with van der Waals surface area (Å²) in [5.74, 6) is -2.06. The molecule has 168 valence electrons. The molecule has 0 aromatic heterocycles. The van der Waals surface area contributed by atoms with Crippen LogP contribution in [0.2, 0.25) is 0 Å². The summed E-state index contributed by atoms with van der Waals surface area (Å²) < 4.78 is 5.57. The Morgan fingerprint density at radius 3 is 2.33 bits per heavy atom. The van der Waals surface area contributed by atoms with Crippen molar-refractivity contribution in [1.82, 2.24) is 0 Å². The van der Waals surface area contributed by atoms with E-state index in [9.17, 15) is 19.2 Å². The highest BCUT2D eigenvalue weighted by Crippen LogP contribution is 2.38. The summed E-state index contributed by atoms with van der Waals surface area (Å²) in [6, 6.07) is 14.0. The minimum Gasteiger partial charge on any atom is -0.426 e. The van der Waals surface area contributed by atoms with Gasteiger partial charge < -0.3 is 9.64 Å². The number of para-hydroxylation sites is 1. The van der Waals surface area contributed by atoms with Crippen molar-refractivity contribution in [3.8, 4) is 5.75 Å². The lowest BCUT2D eigenvalue weighted by molar-refractivity contribution is -0.139. The maximum Gasteiger partial charge on any atom is 0.316 e. The molecular weight excluding hydrogens is 420 g/mol. The molecule has 2 saturated heterocycles. The van der Waals surface area contributed by atoms with Gasteiger partial charge in [-0.3, -0.25) is 19.2 Å². The van der Waals surface area contributed by atoms with E-state index in [1.807, 2.05) is 43.3 Å². The minimum absolute atomic E-state index is 0.0757. The number of aryl methyl sites for hydroxylation is 1. The monoisotopic (exact) mass is 444 g/mol. The van der Waals surface area contributed by atoms with Crippen molar-refractivity contribution < 1.29 is 23.9 Å². The van der Waals surface area contributed by atoms with Crippen LogP contribution < -0.4 is 14.5 Å². The topological polar surface area (TPSA) is 84.0 Å². The smallest absolute Gasteiger partial charge is 0.316 e. The van der Waals surface area contributed by atoms with E-state index < -0.39 is 11.9 Å². The molecule has 1 aliphatic carbocycles. The summed E-state index contributed by atoms with van der Waals surface area (Å²) in [5, 5.41) is 0. The Kier molecular flexibility index (Phi) is 5.32. The van der Waals surface area contributed by atoms with Crippen molar-refractivity contribution in [3.63, 3.8) is 0 Å². The minimum atomic E-state index is -0.593. The Labute approximate surface area is 191 Å². The SMILES string of the molecule is Cc1ccccc1N1C[C@H](C(=O)Oc2cccc(N3C(=O)[C@H]4CC=CC[C@H]4C3=O)c2)CC1=O. The zero-order valence-electron chi connectivity index (χ0n) is 18.3. The summed E-state index contributed by atoms with van der Waals surface area (Å²) in [6.45, 7) is 2.18. The highest BCUT2D eigenvalue weighted by Gasteiger charge is 2.48. The van der Waals surface area contributed by atoms with Crippen LogP contribution in [0.15, 0.2) is 60.7 Å². The molecule has 0 unspecified atom stereocenters. The number of anilines is 2. The van der Waals surface area contributed by atoms with E-state index in [0.717, 1.165) is 11.3 Å². The molecule has 0 spiro atoms. The van der Waals surface area contributed by atoms with Crippen LogP contribution in [0.25, 0.3) is 0 Å². The van der Waals surface area contributed by atoms with Crippen molar-refractivity contribution in [2.75, 3.05) is 16.3 Å². The van der Waals surface area contributed by atoms with Crippen molar-refractivity contribution in [2.45, 2.75) is 26.2 Å². The molecular formula is C26H24N2O5. The lowest BCUT2D eigenvalue weighted by Crippen LogP contribution is -2.31. The first-order valence-electron chi connectivity index (χ1n) is 11.1. The quantitative estimate of drug-likeness (QED) is 0.312. The zero-order chi connectivity index (χ0) is 23.1. The molecule has 5 rings (SSSR count). The molecule has 0 N–H and O–H groups in total. The van der Waals surface area contributed by atoms with Crippen molar-refractivity contribution in [3.05, 3.63) is 66.2 Å². The molecule has 0 radical (unpaired) electrons. The standard InChI is InChI=1S/C26H24N2O5/c1-16-7-2-5-12-22(16)27-15-17(13-23(27)29)26(32)33-19-9-6-8-18(14-19)28-24(30)20-10-3-4-11-21(20)25(28)31/h2-9,12,14,17,20-21H,10-11,13,15H2,1H3/t17-,20-,21+/m1/s1. The molecule has 3 aliphatic rings. The van der Waals surface area contributed by atoms with E-state index in [4.69, 9.17) is 4.74 Å². The Bertz CT molecular complexity index is 1160. The Balaban J connectivity index is 1.30. The van der Waals surface area contributed by atoms with Crippen molar-refractivity contribution in [2.24, 2.45) is 17.8 Å². The normalized spacial score (nSPS) is 24.4. The molecule has 2 aliphatic heterocycles. The number of allylic oxidation sites excluding steroid dienone is 2. The van der Waals surface area contributed by atoms with Gasteiger partial charge >= 0.3 is 5.97 Å². The van der Waals surface area contributed by atoms with Gasteiger partial charge in [0, 0.05) is 24.7 Å². The summed E-state index contributed by atoms with van der Waals surface area (Å²) >= 11 is 0. The van der Waals surface area contributed by atoms with Gasteiger partial charge in [0.2, 0.25) is 17.7 Å². The van der Waals surface area contributed by atoms with Crippen LogP contribution in [-0.4, -0.2) is 30.2 Å². The molecule has 7 nitrogen and oxygen atoms in total. The Hall–Kier alpha value is -3.74. The number of hydrogen-bond acceptors (Lipinski definition) is 5. The molecule has 2 heterocycles. The van der Waals surface area contributed by atoms with Crippen LogP contribution in [-0.2, 0) is 19.2 Å². The molecule has 33 heavy (non-hydrogen) atoms. The van der Waals surface area contributed by atoms with Gasteiger partial charge in [0.15, 0.2) is 0 Å². The number of benzene rings is 2. The molecule has 3 amide bonds. The van der Waals surface area contributed by atoms with Gasteiger partial charge in [-0.25, -0.2) is 4.90 Å². The summed E-state index contributed by atoms with van der Waals surface area (Å²) in [7, 11) is 0. The van der Waals surface area contributed by atoms with Gasteiger partial charge in [-0.1, -0.05) is 36.4 Å². The summed E-state index contributed by atoms with van der Waals surface area (Å²) in [5.41, 5.74) is 2.15. The second kappa shape index (κ2) is 8.31. The van der Waals surface area contributed by atoms with Crippen LogP contribution in [0.1, 0.15) is 24.8 Å². The number of rotatable bonds is 4. The maximum atomic E-state index is 12.8. The fourth-order valence-electron chi connectivity index (χ4n) is 4.90. The number of imide groups is 1. The largest absolute Gasteiger partial charge is 0.426 e. The number of amides is 3. The van der Waals surface area contributed by atoms with E-state index in [2.05, 4.69) is 0 Å². The van der Waals surface area contributed by atoms with Gasteiger partial charge in [-0.2, -0.15) is 0 Å². The van der Waals surface area contributed by atoms with E-state index in [1.165, 1.54) is 11.0 Å². The first-order chi connectivity index (χ1) is 15.9. The number of fused-ring (bicyclic) bond motifs is 1. The average Bonchev–Trinajstić information content (AvgIpc) is 3.32. The lowest BCUT2D eigenvalue weighted by Gasteiger charge is -2.19. The second-order valence-electron chi connectivity index (χ2n) is 8.78. The number of esters is 1. The van der Waals surface area contributed by atoms with Crippen LogP contribution in [0.4, 0.5) is 11.4 Å². The third-order valence-electron chi connectivity index (χ3n) is 6.67. The molecule has 2 fully saturated rings. The molecule has 2 aromatic carbocycles. The number of carbonyl (C=O) groups is 4. The molecule has 3 atom stereocenters. The molecule has 0 saturated carbocycles. The van der Waals surface area contributed by atoms with E-state index in [1.54, 1.807) is 23.1 Å². The average molecular weight is 444 g/mol. The first kappa shape index (κ1) is 21.1. The fourth-order valence-corrected chi connectivity index (χ4v) is 4.90. The number of carbonyl (C=O) groups excluding carboxylic acids is 4. The second-order valence-corrected chi connectivity index (χ2v) is 8.78. The highest BCUT2D eigenvalue weighted by molar-refractivity contribution is 6.22. The van der Waals surface area contributed by atoms with Crippen LogP contribution in [0, 0.1) is 24.7 Å². The fraction of sp³-hybridized carbons (Fsp3) is 0.308. The van der Waals surface area contributed by atoms with Gasteiger partial charge in [-0.15, -0.1) is 0 Å². The van der Waals surface area contributed by atoms with Gasteiger partial charge in [0.05, 0.1) is 23.4 Å². The van der Waals surface area contributed by atoms with Crippen LogP contribution in [0.5, 0.6) is 5.75 Å². The molecule has 0 bridgehead atoms. The zero-order valence-corrected chi connectivity index (χ0v) is 18.3. The predicted octanol–water partition coefficient (Wildman–Crippen LogP) is 3.41. The highest BCUT2D eigenvalue weighted by atomic mass is 16.5. The van der Waals surface area contributed by atoms with Crippen LogP contribution >= 0.6 is 0 Å². The van der Waals surface area contributed by atoms with E-state index in [0.29, 0.717) is 18.5 Å². The van der Waals surface area contributed by atoms with E-state index in [-0.39, 0.29) is 48.3 Å². The summed E-state index contributed by atoms with van der Waals surface area (Å²) in [4.78, 5) is 53.9. The molecule has 2 aromatic rings. The van der Waals surface area contributed by atoms with Crippen LogP contribution in [0.3, 0.4) is 0 Å². The Morgan fingerprint density at radius 1 is 0.939 bits per heavy atom. The Morgan fingerprint density at radius 2 is 1.64 bits per heavy atom. The maximum absolute atomic E-state index is 12.8. The number of ether oxygens (including phenoxy) is 1. The van der Waals surface area contributed by atoms with Gasteiger partial charge in [0.25, 0.3) is 0 Å².